The predicted octanol–water partition coefficient (Wildman–Crippen LogP) is 4.46. The van der Waals surface area contributed by atoms with E-state index >= 15 is 0 Å². The Labute approximate surface area is 186 Å². The van der Waals surface area contributed by atoms with Gasteiger partial charge in [-0.05, 0) is 29.5 Å². The van der Waals surface area contributed by atoms with Crippen LogP contribution in [0.25, 0.3) is 11.0 Å². The molecular weight excluding hydrogens is 412 g/mol. The molecule has 4 rings (SSSR count). The quantitative estimate of drug-likeness (QED) is 0.612. The molecule has 1 aliphatic rings. The van der Waals surface area contributed by atoms with Gasteiger partial charge in [-0.15, -0.1) is 0 Å². The Hall–Kier alpha value is -2.87. The molecular formula is C24H29F2N5O. The number of nitrogens with one attached hydrogen (secondary N) is 1. The first-order chi connectivity index (χ1) is 15.0. The summed E-state index contributed by atoms with van der Waals surface area (Å²) in [5.41, 5.74) is 2.49. The van der Waals surface area contributed by atoms with Crippen molar-refractivity contribution in [1.82, 2.24) is 19.4 Å². The highest BCUT2D eigenvalue weighted by atomic mass is 19.3. The number of aromatic nitrogens is 3. The van der Waals surface area contributed by atoms with Gasteiger partial charge in [0.1, 0.15) is 5.65 Å². The molecule has 0 bridgehead atoms. The highest BCUT2D eigenvalue weighted by Gasteiger charge is 2.43. The number of likely N-dealkylation sites (tertiary alicyclic amines) is 1. The first kappa shape index (κ1) is 22.3. The zero-order valence-corrected chi connectivity index (χ0v) is 18.9. The maximum Gasteiger partial charge on any atom is 0.272 e. The van der Waals surface area contributed by atoms with Gasteiger partial charge < -0.3 is 5.32 Å². The third-order valence-corrected chi connectivity index (χ3v) is 5.50. The molecule has 3 aromatic rings. The first-order valence-corrected chi connectivity index (χ1v) is 10.8. The lowest BCUT2D eigenvalue weighted by Gasteiger charge is -2.38. The normalized spacial score (nSPS) is 17.2. The minimum atomic E-state index is -2.55. The summed E-state index contributed by atoms with van der Waals surface area (Å²) in [4.78, 5) is 23.3. The van der Waals surface area contributed by atoms with E-state index in [2.05, 4.69) is 36.1 Å². The SMILES string of the molecule is C[C@H](Nc1ncc2ccc(=O)n(CC(C)(C)C)c2n1)c1ccc(CN2CC(F)(F)C2)cc1. The minimum Gasteiger partial charge on any atom is -0.348 e. The van der Waals surface area contributed by atoms with Crippen LogP contribution in [0.1, 0.15) is 44.9 Å². The van der Waals surface area contributed by atoms with Crippen LogP contribution in [0.3, 0.4) is 0 Å². The predicted molar refractivity (Wildman–Crippen MR) is 122 cm³/mol. The Morgan fingerprint density at radius 3 is 2.44 bits per heavy atom. The number of hydrogen-bond donors (Lipinski definition) is 1. The van der Waals surface area contributed by atoms with Gasteiger partial charge in [0.05, 0.1) is 19.1 Å². The van der Waals surface area contributed by atoms with Gasteiger partial charge in [-0.1, -0.05) is 45.0 Å². The minimum absolute atomic E-state index is 0.0682. The fraction of sp³-hybridized carbons (Fsp3) is 0.458. The maximum absolute atomic E-state index is 13.0. The fourth-order valence-corrected chi connectivity index (χ4v) is 3.93. The molecule has 3 heterocycles. The summed E-state index contributed by atoms with van der Waals surface area (Å²) in [6, 6.07) is 11.1. The lowest BCUT2D eigenvalue weighted by atomic mass is 9.97. The lowest BCUT2D eigenvalue weighted by Crippen LogP contribution is -2.55. The Morgan fingerprint density at radius 2 is 1.81 bits per heavy atom. The number of rotatable bonds is 6. The lowest BCUT2D eigenvalue weighted by molar-refractivity contribution is -0.133. The number of hydrogen-bond acceptors (Lipinski definition) is 5. The molecule has 1 aromatic carbocycles. The number of alkyl halides is 2. The zero-order valence-electron chi connectivity index (χ0n) is 18.9. The Morgan fingerprint density at radius 1 is 1.12 bits per heavy atom. The molecule has 1 N–H and O–H groups in total. The Kier molecular flexibility index (Phi) is 5.75. The molecule has 1 fully saturated rings. The molecule has 0 radical (unpaired) electrons. The van der Waals surface area contributed by atoms with E-state index in [0.717, 1.165) is 16.5 Å². The van der Waals surface area contributed by atoms with E-state index in [1.54, 1.807) is 27.8 Å². The van der Waals surface area contributed by atoms with Crippen LogP contribution in [0.2, 0.25) is 0 Å². The third-order valence-electron chi connectivity index (χ3n) is 5.50. The molecule has 1 atom stereocenters. The van der Waals surface area contributed by atoms with E-state index in [-0.39, 0.29) is 30.1 Å². The molecule has 1 aliphatic heterocycles. The molecule has 170 valence electrons. The van der Waals surface area contributed by atoms with E-state index in [1.807, 2.05) is 31.2 Å². The molecule has 6 nitrogen and oxygen atoms in total. The van der Waals surface area contributed by atoms with Gasteiger partial charge >= 0.3 is 0 Å². The molecule has 0 unspecified atom stereocenters. The smallest absolute Gasteiger partial charge is 0.272 e. The van der Waals surface area contributed by atoms with E-state index in [9.17, 15) is 13.6 Å². The van der Waals surface area contributed by atoms with Crippen molar-refractivity contribution in [3.63, 3.8) is 0 Å². The van der Waals surface area contributed by atoms with Crippen molar-refractivity contribution < 1.29 is 8.78 Å². The fourth-order valence-electron chi connectivity index (χ4n) is 3.93. The van der Waals surface area contributed by atoms with Crippen LogP contribution in [-0.4, -0.2) is 38.4 Å². The summed E-state index contributed by atoms with van der Waals surface area (Å²) >= 11 is 0. The summed E-state index contributed by atoms with van der Waals surface area (Å²) in [5, 5.41) is 4.12. The zero-order chi connectivity index (χ0) is 23.1. The van der Waals surface area contributed by atoms with Crippen LogP contribution in [0, 0.1) is 5.41 Å². The molecule has 0 saturated carbocycles. The number of fused-ring (bicyclic) bond motifs is 1. The van der Waals surface area contributed by atoms with Crippen LogP contribution in [-0.2, 0) is 13.1 Å². The molecule has 2 aromatic heterocycles. The summed E-state index contributed by atoms with van der Waals surface area (Å²) in [6.45, 7) is 8.98. The molecule has 0 spiro atoms. The number of halogens is 2. The van der Waals surface area contributed by atoms with E-state index in [0.29, 0.717) is 24.7 Å². The standard InChI is InChI=1S/C24H29F2N5O/c1-16(18-7-5-17(6-8-18)12-30-14-24(25,26)15-30)28-22-27-11-19-9-10-20(32)31(21(19)29-22)13-23(2,3)4/h5-11,16H,12-15H2,1-4H3,(H,27,28,29)/t16-/m0/s1. The second-order valence-corrected chi connectivity index (χ2v) is 9.90. The monoisotopic (exact) mass is 441 g/mol. The Bertz CT molecular complexity index is 1160. The highest BCUT2D eigenvalue weighted by Crippen LogP contribution is 2.28. The van der Waals surface area contributed by atoms with Crippen molar-refractivity contribution in [2.45, 2.75) is 52.7 Å². The molecule has 0 aliphatic carbocycles. The number of nitrogens with zero attached hydrogens (tertiary/aromatic N) is 4. The molecule has 32 heavy (non-hydrogen) atoms. The van der Waals surface area contributed by atoms with E-state index in [1.165, 1.54) is 0 Å². The van der Waals surface area contributed by atoms with Crippen molar-refractivity contribution in [2.75, 3.05) is 18.4 Å². The topological polar surface area (TPSA) is 63.1 Å². The molecule has 8 heteroatoms. The van der Waals surface area contributed by atoms with E-state index in [4.69, 9.17) is 0 Å². The second kappa shape index (κ2) is 8.24. The van der Waals surface area contributed by atoms with Crippen molar-refractivity contribution in [3.8, 4) is 0 Å². The maximum atomic E-state index is 13.0. The van der Waals surface area contributed by atoms with Gasteiger partial charge in [-0.3, -0.25) is 14.3 Å². The molecule has 1 saturated heterocycles. The van der Waals surface area contributed by atoms with Gasteiger partial charge in [-0.25, -0.2) is 13.8 Å². The summed E-state index contributed by atoms with van der Waals surface area (Å²) in [7, 11) is 0. The van der Waals surface area contributed by atoms with Gasteiger partial charge in [0.25, 0.3) is 11.5 Å². The first-order valence-electron chi connectivity index (χ1n) is 10.8. The van der Waals surface area contributed by atoms with Gasteiger partial charge in [0, 0.05) is 30.7 Å². The van der Waals surface area contributed by atoms with Crippen LogP contribution < -0.4 is 10.9 Å². The van der Waals surface area contributed by atoms with Crippen LogP contribution in [0.4, 0.5) is 14.7 Å². The van der Waals surface area contributed by atoms with Crippen molar-refractivity contribution in [1.29, 1.82) is 0 Å². The van der Waals surface area contributed by atoms with Gasteiger partial charge in [0.15, 0.2) is 0 Å². The van der Waals surface area contributed by atoms with Gasteiger partial charge in [0.2, 0.25) is 5.95 Å². The largest absolute Gasteiger partial charge is 0.348 e. The number of pyridine rings is 1. The summed E-state index contributed by atoms with van der Waals surface area (Å²) in [5.74, 6) is -2.10. The van der Waals surface area contributed by atoms with Crippen molar-refractivity contribution in [3.05, 3.63) is 64.1 Å². The van der Waals surface area contributed by atoms with Gasteiger partial charge in [-0.2, -0.15) is 4.98 Å². The number of anilines is 1. The summed E-state index contributed by atoms with van der Waals surface area (Å²) < 4.78 is 27.7. The third kappa shape index (κ3) is 5.12. The van der Waals surface area contributed by atoms with Crippen molar-refractivity contribution >= 4 is 17.0 Å². The Balaban J connectivity index is 1.49. The average Bonchev–Trinajstić information content (AvgIpc) is 2.68. The average molecular weight is 442 g/mol. The molecule has 0 amide bonds. The highest BCUT2D eigenvalue weighted by molar-refractivity contribution is 5.75. The second-order valence-electron chi connectivity index (χ2n) is 9.90. The van der Waals surface area contributed by atoms with Crippen LogP contribution >= 0.6 is 0 Å². The number of benzene rings is 1. The van der Waals surface area contributed by atoms with E-state index < -0.39 is 5.92 Å². The van der Waals surface area contributed by atoms with Crippen LogP contribution in [0.15, 0.2) is 47.4 Å². The van der Waals surface area contributed by atoms with Crippen molar-refractivity contribution in [2.24, 2.45) is 5.41 Å². The summed E-state index contributed by atoms with van der Waals surface area (Å²) in [6.07, 6.45) is 1.72. The van der Waals surface area contributed by atoms with Crippen LogP contribution in [0.5, 0.6) is 0 Å².